The molecule has 0 fully saturated rings. The number of hydrogen-bond donors (Lipinski definition) is 0. The van der Waals surface area contributed by atoms with Gasteiger partial charge in [0.05, 0.1) is 12.2 Å². The number of hydrogen-bond acceptors (Lipinski definition) is 2. The zero-order valence-electron chi connectivity index (χ0n) is 11.9. The highest BCUT2D eigenvalue weighted by atomic mass is 35.5. The fraction of sp³-hybridized carbons (Fsp3) is 0.200. The first-order valence-corrected chi connectivity index (χ1v) is 7.02. The number of fused-ring (bicyclic) bond motifs is 1. The molecule has 8 heteroatoms. The molecule has 2 aromatic heterocycles. The smallest absolute Gasteiger partial charge is 0.309 e. The molecule has 0 saturated heterocycles. The Hall–Kier alpha value is -2.28. The van der Waals surface area contributed by atoms with Crippen molar-refractivity contribution in [3.63, 3.8) is 0 Å². The summed E-state index contributed by atoms with van der Waals surface area (Å²) in [5.41, 5.74) is -1.03. The lowest BCUT2D eigenvalue weighted by Gasteiger charge is -2.05. The molecule has 0 aliphatic heterocycles. The van der Waals surface area contributed by atoms with Crippen LogP contribution in [0.4, 0.5) is 13.2 Å². The van der Waals surface area contributed by atoms with Crippen LogP contribution in [0.25, 0.3) is 10.8 Å². The number of nitrogens with zero attached hydrogens (tertiary/aromatic N) is 3. The van der Waals surface area contributed by atoms with Gasteiger partial charge in [-0.25, -0.2) is 0 Å². The van der Waals surface area contributed by atoms with E-state index < -0.39 is 11.9 Å². The van der Waals surface area contributed by atoms with Gasteiger partial charge in [-0.15, -0.1) is 0 Å². The SMILES string of the molecule is Cn1nc(Cn2ccc3ccc(Cl)cc3c2=O)cc1C(F)(F)F. The summed E-state index contributed by atoms with van der Waals surface area (Å²) >= 11 is 5.89. The molecule has 23 heavy (non-hydrogen) atoms. The Morgan fingerprint density at radius 2 is 1.96 bits per heavy atom. The van der Waals surface area contributed by atoms with Crippen molar-refractivity contribution in [3.05, 3.63) is 63.3 Å². The van der Waals surface area contributed by atoms with Crippen molar-refractivity contribution in [2.75, 3.05) is 0 Å². The molecule has 0 bridgehead atoms. The molecule has 0 spiro atoms. The van der Waals surface area contributed by atoms with Crippen molar-refractivity contribution < 1.29 is 13.2 Å². The van der Waals surface area contributed by atoms with E-state index in [-0.39, 0.29) is 17.8 Å². The topological polar surface area (TPSA) is 39.8 Å². The maximum absolute atomic E-state index is 12.8. The number of rotatable bonds is 2. The summed E-state index contributed by atoms with van der Waals surface area (Å²) in [4.78, 5) is 12.4. The third-order valence-corrected chi connectivity index (χ3v) is 3.73. The van der Waals surface area contributed by atoms with E-state index in [0.717, 1.165) is 10.7 Å². The average Bonchev–Trinajstić information content (AvgIpc) is 2.83. The summed E-state index contributed by atoms with van der Waals surface area (Å²) in [5, 5.41) is 5.37. The number of alkyl halides is 3. The Morgan fingerprint density at radius 3 is 2.61 bits per heavy atom. The molecule has 3 rings (SSSR count). The first-order valence-electron chi connectivity index (χ1n) is 6.64. The summed E-state index contributed by atoms with van der Waals surface area (Å²) in [5.74, 6) is 0. The van der Waals surface area contributed by atoms with Gasteiger partial charge in [0.25, 0.3) is 5.56 Å². The zero-order valence-corrected chi connectivity index (χ0v) is 12.7. The lowest BCUT2D eigenvalue weighted by molar-refractivity contribution is -0.143. The van der Waals surface area contributed by atoms with Crippen molar-refractivity contribution in [1.82, 2.24) is 14.3 Å². The van der Waals surface area contributed by atoms with Gasteiger partial charge >= 0.3 is 6.18 Å². The van der Waals surface area contributed by atoms with E-state index >= 15 is 0 Å². The van der Waals surface area contributed by atoms with Crippen molar-refractivity contribution in [1.29, 1.82) is 0 Å². The number of aryl methyl sites for hydroxylation is 1. The Labute approximate surface area is 133 Å². The molecule has 0 atom stereocenters. The first kappa shape index (κ1) is 15.6. The monoisotopic (exact) mass is 341 g/mol. The van der Waals surface area contributed by atoms with Gasteiger partial charge in [0.2, 0.25) is 0 Å². The molecule has 120 valence electrons. The normalized spacial score (nSPS) is 12.0. The third-order valence-electron chi connectivity index (χ3n) is 3.49. The third kappa shape index (κ3) is 2.96. The highest BCUT2D eigenvalue weighted by molar-refractivity contribution is 6.31. The average molecular weight is 342 g/mol. The summed E-state index contributed by atoms with van der Waals surface area (Å²) in [6, 6.07) is 7.57. The minimum absolute atomic E-state index is 0.0504. The highest BCUT2D eigenvalue weighted by Gasteiger charge is 2.34. The maximum atomic E-state index is 12.8. The van der Waals surface area contributed by atoms with Gasteiger partial charge in [-0.2, -0.15) is 18.3 Å². The lowest BCUT2D eigenvalue weighted by atomic mass is 10.2. The van der Waals surface area contributed by atoms with Crippen molar-refractivity contribution in [3.8, 4) is 0 Å². The van der Waals surface area contributed by atoms with Gasteiger partial charge in [-0.1, -0.05) is 17.7 Å². The van der Waals surface area contributed by atoms with Crippen molar-refractivity contribution in [2.45, 2.75) is 12.7 Å². The largest absolute Gasteiger partial charge is 0.433 e. The predicted octanol–water partition coefficient (Wildman–Crippen LogP) is 3.46. The second-order valence-corrected chi connectivity index (χ2v) is 5.56. The molecule has 4 nitrogen and oxygen atoms in total. The van der Waals surface area contributed by atoms with Crippen LogP contribution in [0.3, 0.4) is 0 Å². The molecule has 2 heterocycles. The molecule has 0 saturated carbocycles. The minimum atomic E-state index is -4.48. The summed E-state index contributed by atoms with van der Waals surface area (Å²) in [6.45, 7) is -0.0504. The predicted molar refractivity (Wildman–Crippen MR) is 80.5 cm³/mol. The van der Waals surface area contributed by atoms with Crippen molar-refractivity contribution in [2.24, 2.45) is 7.05 Å². The molecule has 0 amide bonds. The van der Waals surface area contributed by atoms with Crippen LogP contribution in [0.2, 0.25) is 5.02 Å². The quantitative estimate of drug-likeness (QED) is 0.716. The molecular weight excluding hydrogens is 331 g/mol. The molecule has 0 aliphatic rings. The highest BCUT2D eigenvalue weighted by Crippen LogP contribution is 2.29. The Bertz CT molecular complexity index is 943. The Morgan fingerprint density at radius 1 is 1.22 bits per heavy atom. The van der Waals surface area contributed by atoms with Gasteiger partial charge in [-0.3, -0.25) is 9.48 Å². The van der Waals surface area contributed by atoms with Crippen LogP contribution in [-0.4, -0.2) is 14.3 Å². The van der Waals surface area contributed by atoms with Crippen LogP contribution in [0.1, 0.15) is 11.4 Å². The molecule has 1 aromatic carbocycles. The zero-order chi connectivity index (χ0) is 16.8. The van der Waals surface area contributed by atoms with E-state index in [2.05, 4.69) is 5.10 Å². The van der Waals surface area contributed by atoms with Crippen LogP contribution in [0, 0.1) is 0 Å². The number of pyridine rings is 1. The number of halogens is 4. The van der Waals surface area contributed by atoms with Crippen LogP contribution >= 0.6 is 11.6 Å². The molecule has 3 aromatic rings. The summed E-state index contributed by atoms with van der Waals surface area (Å²) < 4.78 is 40.4. The minimum Gasteiger partial charge on any atom is -0.309 e. The van der Waals surface area contributed by atoms with Gasteiger partial charge in [0, 0.05) is 23.7 Å². The van der Waals surface area contributed by atoms with Gasteiger partial charge in [-0.05, 0) is 29.7 Å². The van der Waals surface area contributed by atoms with E-state index in [1.165, 1.54) is 23.9 Å². The van der Waals surface area contributed by atoms with Crippen LogP contribution in [0.5, 0.6) is 0 Å². The summed E-state index contributed by atoms with van der Waals surface area (Å²) in [6.07, 6.45) is -2.96. The number of aromatic nitrogens is 3. The molecule has 0 radical (unpaired) electrons. The molecule has 0 unspecified atom stereocenters. The van der Waals surface area contributed by atoms with E-state index in [0.29, 0.717) is 15.8 Å². The fourth-order valence-corrected chi connectivity index (χ4v) is 2.59. The summed E-state index contributed by atoms with van der Waals surface area (Å²) in [7, 11) is 1.22. The van der Waals surface area contributed by atoms with Gasteiger partial charge in [0.15, 0.2) is 0 Å². The van der Waals surface area contributed by atoms with Gasteiger partial charge < -0.3 is 4.57 Å². The second-order valence-electron chi connectivity index (χ2n) is 5.12. The Kier molecular flexibility index (Phi) is 3.68. The van der Waals surface area contributed by atoms with Gasteiger partial charge in [0.1, 0.15) is 5.69 Å². The Balaban J connectivity index is 2.02. The molecule has 0 aliphatic carbocycles. The second kappa shape index (κ2) is 5.42. The van der Waals surface area contributed by atoms with Crippen LogP contribution < -0.4 is 5.56 Å². The first-order chi connectivity index (χ1) is 10.8. The van der Waals surface area contributed by atoms with E-state index in [1.807, 2.05) is 0 Å². The van der Waals surface area contributed by atoms with Crippen molar-refractivity contribution >= 4 is 22.4 Å². The van der Waals surface area contributed by atoms with E-state index in [1.54, 1.807) is 18.2 Å². The van der Waals surface area contributed by atoms with E-state index in [4.69, 9.17) is 11.6 Å². The maximum Gasteiger partial charge on any atom is 0.433 e. The van der Waals surface area contributed by atoms with E-state index in [9.17, 15) is 18.0 Å². The number of benzene rings is 1. The molecular formula is C15H11ClF3N3O. The lowest BCUT2D eigenvalue weighted by Crippen LogP contribution is -2.20. The van der Waals surface area contributed by atoms with Crippen LogP contribution in [0.15, 0.2) is 41.3 Å². The fourth-order valence-electron chi connectivity index (χ4n) is 2.42. The standard InChI is InChI=1S/C15H11ClF3N3O/c1-21-13(15(17,18)19)7-11(20-21)8-22-5-4-9-2-3-10(16)6-12(9)14(22)23/h2-7H,8H2,1H3. The van der Waals surface area contributed by atoms with Crippen LogP contribution in [-0.2, 0) is 19.8 Å². The molecule has 0 N–H and O–H groups in total.